The minimum Gasteiger partial charge on any atom is -0.398 e. The van der Waals surface area contributed by atoms with Crippen LogP contribution in [0, 0.1) is 6.92 Å². The van der Waals surface area contributed by atoms with E-state index >= 15 is 0 Å². The molecule has 0 aliphatic carbocycles. The molecule has 0 atom stereocenters. The second-order valence-corrected chi connectivity index (χ2v) is 5.21. The van der Waals surface area contributed by atoms with Gasteiger partial charge in [-0.25, -0.2) is 4.98 Å². The molecule has 1 aromatic carbocycles. The number of nitrogens with two attached hydrogens (primary N) is 1. The zero-order valence-electron chi connectivity index (χ0n) is 11.8. The van der Waals surface area contributed by atoms with E-state index in [4.69, 9.17) is 5.73 Å². The summed E-state index contributed by atoms with van der Waals surface area (Å²) in [6.07, 6.45) is 1.86. The smallest absolute Gasteiger partial charge is 0.130 e. The number of piperazine rings is 1. The molecule has 1 aliphatic heterocycles. The molecule has 1 aliphatic rings. The van der Waals surface area contributed by atoms with Crippen LogP contribution >= 0.6 is 0 Å². The zero-order chi connectivity index (χ0) is 13.9. The Morgan fingerprint density at radius 1 is 1.00 bits per heavy atom. The van der Waals surface area contributed by atoms with Gasteiger partial charge in [-0.15, -0.1) is 0 Å². The van der Waals surface area contributed by atoms with Crippen LogP contribution in [0.4, 0.5) is 17.2 Å². The summed E-state index contributed by atoms with van der Waals surface area (Å²) in [5, 5.41) is 0. The Morgan fingerprint density at radius 2 is 1.65 bits per heavy atom. The number of hydrogen-bond acceptors (Lipinski definition) is 4. The van der Waals surface area contributed by atoms with Crippen molar-refractivity contribution in [2.75, 3.05) is 41.7 Å². The van der Waals surface area contributed by atoms with Crippen LogP contribution in [0.2, 0.25) is 0 Å². The van der Waals surface area contributed by atoms with E-state index in [1.807, 2.05) is 19.2 Å². The number of aromatic nitrogens is 1. The number of benzene rings is 1. The van der Waals surface area contributed by atoms with Crippen LogP contribution in [0.1, 0.15) is 5.56 Å². The lowest BCUT2D eigenvalue weighted by Gasteiger charge is -2.36. The number of nitrogens with zero attached hydrogens (tertiary/aromatic N) is 3. The van der Waals surface area contributed by atoms with E-state index in [-0.39, 0.29) is 0 Å². The molecule has 104 valence electrons. The van der Waals surface area contributed by atoms with Crippen molar-refractivity contribution in [2.45, 2.75) is 6.92 Å². The van der Waals surface area contributed by atoms with Gasteiger partial charge in [-0.05, 0) is 24.6 Å². The van der Waals surface area contributed by atoms with Crippen molar-refractivity contribution in [3.63, 3.8) is 0 Å². The molecule has 2 aromatic rings. The molecule has 2 N–H and O–H groups in total. The van der Waals surface area contributed by atoms with Crippen LogP contribution in [-0.2, 0) is 0 Å². The first-order valence-corrected chi connectivity index (χ1v) is 7.01. The Balaban J connectivity index is 1.68. The standard InChI is InChI=1S/C16H20N4/c1-13-12-18-16(11-15(13)17)20-9-7-19(8-10-20)14-5-3-2-4-6-14/h2-6,11-12H,7-10H2,1H3,(H2,17,18). The minimum absolute atomic E-state index is 0.820. The van der Waals surface area contributed by atoms with E-state index in [9.17, 15) is 0 Å². The molecule has 1 fully saturated rings. The van der Waals surface area contributed by atoms with Crippen LogP contribution in [0.3, 0.4) is 0 Å². The lowest BCUT2D eigenvalue weighted by atomic mass is 10.2. The van der Waals surface area contributed by atoms with E-state index in [0.29, 0.717) is 0 Å². The van der Waals surface area contributed by atoms with Crippen molar-refractivity contribution in [3.05, 3.63) is 48.2 Å². The highest BCUT2D eigenvalue weighted by Gasteiger charge is 2.18. The summed E-state index contributed by atoms with van der Waals surface area (Å²) in [5.41, 5.74) is 9.12. The maximum atomic E-state index is 5.97. The first-order chi connectivity index (χ1) is 9.74. The van der Waals surface area contributed by atoms with Crippen molar-refractivity contribution < 1.29 is 0 Å². The lowest BCUT2D eigenvalue weighted by Crippen LogP contribution is -2.46. The van der Waals surface area contributed by atoms with Crippen LogP contribution in [0.5, 0.6) is 0 Å². The summed E-state index contributed by atoms with van der Waals surface area (Å²) in [6.45, 7) is 5.97. The molecule has 0 amide bonds. The number of aryl methyl sites for hydroxylation is 1. The van der Waals surface area contributed by atoms with Crippen LogP contribution < -0.4 is 15.5 Å². The third kappa shape index (κ3) is 2.54. The van der Waals surface area contributed by atoms with Gasteiger partial charge >= 0.3 is 0 Å². The quantitative estimate of drug-likeness (QED) is 0.907. The fraction of sp³-hybridized carbons (Fsp3) is 0.312. The van der Waals surface area contributed by atoms with Gasteiger partial charge in [0.1, 0.15) is 5.82 Å². The summed E-state index contributed by atoms with van der Waals surface area (Å²) in [4.78, 5) is 9.20. The van der Waals surface area contributed by atoms with Crippen molar-refractivity contribution in [1.29, 1.82) is 0 Å². The Kier molecular flexibility index (Phi) is 3.46. The second-order valence-electron chi connectivity index (χ2n) is 5.21. The largest absolute Gasteiger partial charge is 0.398 e. The molecule has 4 nitrogen and oxygen atoms in total. The van der Waals surface area contributed by atoms with Gasteiger partial charge in [0.25, 0.3) is 0 Å². The number of rotatable bonds is 2. The van der Waals surface area contributed by atoms with Gasteiger partial charge < -0.3 is 15.5 Å². The number of nitrogen functional groups attached to an aromatic ring is 1. The molecule has 2 heterocycles. The van der Waals surface area contributed by atoms with Crippen LogP contribution in [-0.4, -0.2) is 31.2 Å². The second kappa shape index (κ2) is 5.41. The van der Waals surface area contributed by atoms with Gasteiger partial charge in [0.15, 0.2) is 0 Å². The first-order valence-electron chi connectivity index (χ1n) is 7.01. The van der Waals surface area contributed by atoms with E-state index in [1.165, 1.54) is 5.69 Å². The first kappa shape index (κ1) is 12.8. The van der Waals surface area contributed by atoms with Crippen LogP contribution in [0.15, 0.2) is 42.6 Å². The molecule has 3 rings (SSSR count). The maximum Gasteiger partial charge on any atom is 0.130 e. The summed E-state index contributed by atoms with van der Waals surface area (Å²) >= 11 is 0. The topological polar surface area (TPSA) is 45.4 Å². The molecule has 1 saturated heterocycles. The summed E-state index contributed by atoms with van der Waals surface area (Å²) < 4.78 is 0. The lowest BCUT2D eigenvalue weighted by molar-refractivity contribution is 0.647. The van der Waals surface area contributed by atoms with Crippen molar-refractivity contribution >= 4 is 17.2 Å². The monoisotopic (exact) mass is 268 g/mol. The van der Waals surface area contributed by atoms with Gasteiger partial charge in [0.2, 0.25) is 0 Å². The molecular weight excluding hydrogens is 248 g/mol. The van der Waals surface area contributed by atoms with Gasteiger partial charge in [-0.1, -0.05) is 18.2 Å². The molecule has 0 saturated carbocycles. The Morgan fingerprint density at radius 3 is 2.30 bits per heavy atom. The van der Waals surface area contributed by atoms with Gasteiger partial charge in [0.05, 0.1) is 0 Å². The molecule has 0 unspecified atom stereocenters. The van der Waals surface area contributed by atoms with Crippen molar-refractivity contribution in [3.8, 4) is 0 Å². The predicted molar refractivity (Wildman–Crippen MR) is 84.3 cm³/mol. The average molecular weight is 268 g/mol. The number of anilines is 3. The van der Waals surface area contributed by atoms with Gasteiger partial charge in [-0.2, -0.15) is 0 Å². The number of pyridine rings is 1. The van der Waals surface area contributed by atoms with Gasteiger partial charge in [-0.3, -0.25) is 0 Å². The third-order valence-electron chi connectivity index (χ3n) is 3.86. The summed E-state index contributed by atoms with van der Waals surface area (Å²) in [6, 6.07) is 12.5. The predicted octanol–water partition coefficient (Wildman–Crippen LogP) is 2.30. The third-order valence-corrected chi connectivity index (χ3v) is 3.86. The Hall–Kier alpha value is -2.23. The van der Waals surface area contributed by atoms with Crippen LogP contribution in [0.25, 0.3) is 0 Å². The molecule has 4 heteroatoms. The fourth-order valence-corrected chi connectivity index (χ4v) is 2.53. The number of para-hydroxylation sites is 1. The van der Waals surface area contributed by atoms with E-state index in [1.54, 1.807) is 0 Å². The highest BCUT2D eigenvalue weighted by Crippen LogP contribution is 2.21. The number of hydrogen-bond donors (Lipinski definition) is 1. The normalized spacial score (nSPS) is 15.4. The highest BCUT2D eigenvalue weighted by atomic mass is 15.3. The fourth-order valence-electron chi connectivity index (χ4n) is 2.53. The Bertz CT molecular complexity index is 574. The minimum atomic E-state index is 0.820. The molecule has 0 radical (unpaired) electrons. The van der Waals surface area contributed by atoms with Gasteiger partial charge in [0, 0.05) is 49.8 Å². The molecule has 1 aromatic heterocycles. The SMILES string of the molecule is Cc1cnc(N2CCN(c3ccccc3)CC2)cc1N. The van der Waals surface area contributed by atoms with E-state index < -0.39 is 0 Å². The van der Waals surface area contributed by atoms with E-state index in [2.05, 4.69) is 45.1 Å². The molecule has 0 bridgehead atoms. The highest BCUT2D eigenvalue weighted by molar-refractivity contribution is 5.56. The zero-order valence-corrected chi connectivity index (χ0v) is 11.8. The Labute approximate surface area is 119 Å². The summed E-state index contributed by atoms with van der Waals surface area (Å²) in [5.74, 6) is 0.987. The molecule has 0 spiro atoms. The molecular formula is C16H20N4. The maximum absolute atomic E-state index is 5.97. The average Bonchev–Trinajstić information content (AvgIpc) is 2.51. The van der Waals surface area contributed by atoms with Crippen molar-refractivity contribution in [2.24, 2.45) is 0 Å². The van der Waals surface area contributed by atoms with E-state index in [0.717, 1.165) is 43.2 Å². The van der Waals surface area contributed by atoms with Crippen molar-refractivity contribution in [1.82, 2.24) is 4.98 Å². The summed E-state index contributed by atoms with van der Waals surface area (Å²) in [7, 11) is 0. The molecule has 20 heavy (non-hydrogen) atoms.